The van der Waals surface area contributed by atoms with Crippen molar-refractivity contribution in [2.45, 2.75) is 6.54 Å². The van der Waals surface area contributed by atoms with Crippen LogP contribution >= 0.6 is 0 Å². The molecule has 1 aliphatic rings. The van der Waals surface area contributed by atoms with Crippen LogP contribution in [-0.4, -0.2) is 31.7 Å². The van der Waals surface area contributed by atoms with Gasteiger partial charge in [0.25, 0.3) is 5.56 Å². The predicted octanol–water partition coefficient (Wildman–Crippen LogP) is 4.29. The maximum Gasteiger partial charge on any atom is 0.253 e. The summed E-state index contributed by atoms with van der Waals surface area (Å²) in [4.78, 5) is 31.0. The number of hydrogen-bond donors (Lipinski definition) is 4. The average Bonchev–Trinajstić information content (AvgIpc) is 3.59. The van der Waals surface area contributed by atoms with Gasteiger partial charge in [-0.15, -0.1) is 0 Å². The van der Waals surface area contributed by atoms with Crippen molar-refractivity contribution in [2.75, 3.05) is 12.1 Å². The molecule has 3 aromatic carbocycles. The lowest BCUT2D eigenvalue weighted by Gasteiger charge is -2.08. The Morgan fingerprint density at radius 3 is 2.71 bits per heavy atom. The van der Waals surface area contributed by atoms with Crippen LogP contribution in [-0.2, 0) is 6.54 Å². The molecule has 0 saturated carbocycles. The molecule has 4 heterocycles. The Morgan fingerprint density at radius 1 is 0.882 bits per heavy atom. The van der Waals surface area contributed by atoms with Gasteiger partial charge in [-0.05, 0) is 48.5 Å². The van der Waals surface area contributed by atoms with Gasteiger partial charge in [0.1, 0.15) is 5.82 Å². The lowest BCUT2D eigenvalue weighted by atomic mass is 10.1. The first-order valence-electron chi connectivity index (χ1n) is 10.8. The van der Waals surface area contributed by atoms with Crippen molar-refractivity contribution in [3.8, 4) is 22.9 Å². The van der Waals surface area contributed by atoms with E-state index in [1.54, 1.807) is 12.4 Å². The van der Waals surface area contributed by atoms with Crippen molar-refractivity contribution in [1.29, 1.82) is 0 Å². The van der Waals surface area contributed by atoms with Gasteiger partial charge in [0.2, 0.25) is 6.79 Å². The summed E-state index contributed by atoms with van der Waals surface area (Å²) in [6, 6.07) is 17.5. The molecule has 9 heteroatoms. The molecule has 3 aromatic heterocycles. The van der Waals surface area contributed by atoms with Gasteiger partial charge in [-0.1, -0.05) is 0 Å². The predicted molar refractivity (Wildman–Crippen MR) is 129 cm³/mol. The molecule has 0 unspecified atom stereocenters. The number of fused-ring (bicyclic) bond motifs is 4. The Morgan fingerprint density at radius 2 is 1.76 bits per heavy atom. The number of benzene rings is 3. The molecule has 0 bridgehead atoms. The number of imidazole rings is 2. The fourth-order valence-electron chi connectivity index (χ4n) is 4.31. The van der Waals surface area contributed by atoms with Crippen molar-refractivity contribution in [2.24, 2.45) is 0 Å². The monoisotopic (exact) mass is 450 g/mol. The molecule has 34 heavy (non-hydrogen) atoms. The molecule has 0 saturated heterocycles. The minimum Gasteiger partial charge on any atom is -0.454 e. The molecule has 0 spiro atoms. The van der Waals surface area contributed by atoms with Crippen molar-refractivity contribution >= 4 is 38.7 Å². The molecule has 0 atom stereocenters. The number of H-pyrrole nitrogens is 3. The lowest BCUT2D eigenvalue weighted by Crippen LogP contribution is -2.15. The molecule has 9 nitrogen and oxygen atoms in total. The van der Waals surface area contributed by atoms with E-state index in [4.69, 9.17) is 14.5 Å². The number of hydrogen-bond acceptors (Lipinski definition) is 6. The van der Waals surface area contributed by atoms with E-state index in [-0.39, 0.29) is 12.4 Å². The van der Waals surface area contributed by atoms with E-state index < -0.39 is 0 Å². The first-order valence-corrected chi connectivity index (χ1v) is 10.8. The number of nitrogens with zero attached hydrogens (tertiary/aromatic N) is 2. The number of pyridine rings is 1. The molecule has 6 aromatic rings. The van der Waals surface area contributed by atoms with E-state index in [0.29, 0.717) is 23.6 Å². The topological polar surface area (TPSA) is 121 Å². The molecule has 0 aliphatic carbocycles. The first-order chi connectivity index (χ1) is 16.7. The molecule has 166 valence electrons. The molecule has 1 aliphatic heterocycles. The second-order valence-electron chi connectivity index (χ2n) is 8.22. The van der Waals surface area contributed by atoms with Crippen LogP contribution in [0.5, 0.6) is 11.5 Å². The van der Waals surface area contributed by atoms with E-state index in [0.717, 1.165) is 50.0 Å². The second kappa shape index (κ2) is 7.11. The molecule has 7 rings (SSSR count). The van der Waals surface area contributed by atoms with E-state index in [2.05, 4.69) is 25.3 Å². The first kappa shape index (κ1) is 18.8. The minimum absolute atomic E-state index is 0.141. The SMILES string of the molecule is O=c1[nH]c2cc3c(cc2cc1CNc1ccc2nc(-c4ccc5nc[nH]c5c4)[nH]c2c1)OCO3. The summed E-state index contributed by atoms with van der Waals surface area (Å²) in [5.41, 5.74) is 6.73. The Hall–Kier alpha value is -4.79. The van der Waals surface area contributed by atoms with Crippen LogP contribution in [0.3, 0.4) is 0 Å². The van der Waals surface area contributed by atoms with E-state index in [9.17, 15) is 4.79 Å². The van der Waals surface area contributed by atoms with Crippen LogP contribution in [0, 0.1) is 0 Å². The second-order valence-corrected chi connectivity index (χ2v) is 8.22. The molecule has 0 fully saturated rings. The highest BCUT2D eigenvalue weighted by Gasteiger charge is 2.15. The van der Waals surface area contributed by atoms with Gasteiger partial charge >= 0.3 is 0 Å². The number of anilines is 1. The van der Waals surface area contributed by atoms with Crippen molar-refractivity contribution in [3.63, 3.8) is 0 Å². The largest absolute Gasteiger partial charge is 0.454 e. The molecular formula is C25H18N6O3. The quantitative estimate of drug-likeness (QED) is 0.318. The van der Waals surface area contributed by atoms with Crippen LogP contribution in [0.25, 0.3) is 44.4 Å². The van der Waals surface area contributed by atoms with Gasteiger partial charge in [-0.25, -0.2) is 9.97 Å². The highest BCUT2D eigenvalue weighted by atomic mass is 16.7. The van der Waals surface area contributed by atoms with E-state index in [1.807, 2.05) is 48.5 Å². The number of rotatable bonds is 4. The zero-order valence-corrected chi connectivity index (χ0v) is 17.8. The Labute approximate surface area is 191 Å². The van der Waals surface area contributed by atoms with Gasteiger partial charge < -0.3 is 29.7 Å². The van der Waals surface area contributed by atoms with Crippen LogP contribution in [0.2, 0.25) is 0 Å². The van der Waals surface area contributed by atoms with Gasteiger partial charge in [0.15, 0.2) is 11.5 Å². The van der Waals surface area contributed by atoms with Crippen LogP contribution < -0.4 is 20.3 Å². The Kier molecular flexibility index (Phi) is 3.92. The van der Waals surface area contributed by atoms with Crippen molar-refractivity contribution in [1.82, 2.24) is 24.9 Å². The number of ether oxygens (including phenoxy) is 2. The summed E-state index contributed by atoms with van der Waals surface area (Å²) in [7, 11) is 0. The summed E-state index contributed by atoms with van der Waals surface area (Å²) in [6.07, 6.45) is 1.68. The third kappa shape index (κ3) is 3.06. The number of aromatic amines is 3. The van der Waals surface area contributed by atoms with Gasteiger partial charge in [0.05, 0.1) is 33.9 Å². The summed E-state index contributed by atoms with van der Waals surface area (Å²) in [6.45, 7) is 0.572. The third-order valence-electron chi connectivity index (χ3n) is 6.07. The maximum atomic E-state index is 12.6. The van der Waals surface area contributed by atoms with Crippen molar-refractivity contribution < 1.29 is 9.47 Å². The normalized spacial score (nSPS) is 12.7. The van der Waals surface area contributed by atoms with E-state index in [1.165, 1.54) is 0 Å². The number of aromatic nitrogens is 5. The summed E-state index contributed by atoms with van der Waals surface area (Å²) in [5, 5.41) is 4.24. The fourth-order valence-corrected chi connectivity index (χ4v) is 4.31. The van der Waals surface area contributed by atoms with Crippen molar-refractivity contribution in [3.05, 3.63) is 76.8 Å². The smallest absolute Gasteiger partial charge is 0.253 e. The Bertz CT molecular complexity index is 1780. The summed E-state index contributed by atoms with van der Waals surface area (Å²) < 4.78 is 10.8. The third-order valence-corrected chi connectivity index (χ3v) is 6.07. The van der Waals surface area contributed by atoms with Crippen LogP contribution in [0.15, 0.2) is 65.7 Å². The van der Waals surface area contributed by atoms with Gasteiger partial charge in [-0.2, -0.15) is 0 Å². The average molecular weight is 450 g/mol. The summed E-state index contributed by atoms with van der Waals surface area (Å²) >= 11 is 0. The highest BCUT2D eigenvalue weighted by Crippen LogP contribution is 2.35. The minimum atomic E-state index is -0.141. The van der Waals surface area contributed by atoms with Crippen LogP contribution in [0.4, 0.5) is 5.69 Å². The Balaban J connectivity index is 1.16. The van der Waals surface area contributed by atoms with Crippen LogP contribution in [0.1, 0.15) is 5.56 Å². The summed E-state index contributed by atoms with van der Waals surface area (Å²) in [5.74, 6) is 2.12. The van der Waals surface area contributed by atoms with Gasteiger partial charge in [-0.3, -0.25) is 4.79 Å². The lowest BCUT2D eigenvalue weighted by molar-refractivity contribution is 0.174. The highest BCUT2D eigenvalue weighted by molar-refractivity contribution is 5.86. The molecular weight excluding hydrogens is 432 g/mol. The molecule has 4 N–H and O–H groups in total. The molecule has 0 amide bonds. The zero-order chi connectivity index (χ0) is 22.6. The van der Waals surface area contributed by atoms with Gasteiger partial charge in [0, 0.05) is 34.8 Å². The number of nitrogens with one attached hydrogen (secondary N) is 4. The standard InChI is InChI=1S/C25H18N6O3/c32-25-15(5-14-7-22-23(34-12-33-22)9-19(14)31-25)10-26-16-2-4-18-21(8-16)30-24(29-18)13-1-3-17-20(6-13)28-11-27-17/h1-9,11,26H,10,12H2,(H,27,28)(H,29,30)(H,31,32). The fraction of sp³-hybridized carbons (Fsp3) is 0.0800. The molecule has 0 radical (unpaired) electrons. The maximum absolute atomic E-state index is 12.6. The van der Waals surface area contributed by atoms with E-state index >= 15 is 0 Å². The zero-order valence-electron chi connectivity index (χ0n) is 17.8.